The van der Waals surface area contributed by atoms with Crippen molar-refractivity contribution in [2.75, 3.05) is 13.2 Å². The van der Waals surface area contributed by atoms with Gasteiger partial charge in [-0.1, -0.05) is 6.07 Å². The van der Waals surface area contributed by atoms with E-state index >= 15 is 0 Å². The minimum Gasteiger partial charge on any atom is -0.376 e. The van der Waals surface area contributed by atoms with Gasteiger partial charge in [-0.25, -0.2) is 21.9 Å². The Kier molecular flexibility index (Phi) is 5.66. The molecule has 0 aromatic heterocycles. The zero-order valence-electron chi connectivity index (χ0n) is 12.5. The maximum atomic E-state index is 13.5. The van der Waals surface area contributed by atoms with Crippen LogP contribution in [0.3, 0.4) is 0 Å². The number of amides is 1. The van der Waals surface area contributed by atoms with E-state index in [2.05, 4.69) is 5.32 Å². The van der Waals surface area contributed by atoms with Crippen LogP contribution in [0.5, 0.6) is 0 Å². The van der Waals surface area contributed by atoms with Crippen molar-refractivity contribution in [3.05, 3.63) is 29.8 Å². The van der Waals surface area contributed by atoms with Gasteiger partial charge in [-0.3, -0.25) is 4.79 Å². The maximum Gasteiger partial charge on any atom is 0.246 e. The molecule has 0 spiro atoms. The van der Waals surface area contributed by atoms with Crippen molar-refractivity contribution in [3.63, 3.8) is 0 Å². The summed E-state index contributed by atoms with van der Waals surface area (Å²) >= 11 is 0. The summed E-state index contributed by atoms with van der Waals surface area (Å²) < 4.78 is 58.2. The number of halogens is 2. The van der Waals surface area contributed by atoms with Crippen LogP contribution in [0.4, 0.5) is 8.78 Å². The second-order valence-corrected chi connectivity index (χ2v) is 6.99. The van der Waals surface area contributed by atoms with Crippen molar-refractivity contribution in [2.24, 2.45) is 0 Å². The first-order valence-corrected chi connectivity index (χ1v) is 8.64. The first-order chi connectivity index (χ1) is 10.8. The Hall–Kier alpha value is -1.58. The van der Waals surface area contributed by atoms with Crippen molar-refractivity contribution in [1.29, 1.82) is 0 Å². The van der Waals surface area contributed by atoms with Gasteiger partial charge >= 0.3 is 0 Å². The fourth-order valence-electron chi connectivity index (χ4n) is 2.37. The van der Waals surface area contributed by atoms with Gasteiger partial charge in [0.15, 0.2) is 4.90 Å². The lowest BCUT2D eigenvalue weighted by molar-refractivity contribution is -0.121. The van der Waals surface area contributed by atoms with E-state index in [4.69, 9.17) is 4.74 Å². The molecule has 0 aliphatic carbocycles. The minimum atomic E-state index is -4.46. The number of carbonyl (C=O) groups excluding carboxylic acids is 1. The summed E-state index contributed by atoms with van der Waals surface area (Å²) in [6, 6.07) is 2.44. The fraction of sp³-hybridized carbons (Fsp3) is 0.500. The summed E-state index contributed by atoms with van der Waals surface area (Å²) in [5.41, 5.74) is 0. The number of nitrogens with one attached hydrogen (secondary N) is 2. The molecule has 2 atom stereocenters. The minimum absolute atomic E-state index is 0.112. The summed E-state index contributed by atoms with van der Waals surface area (Å²) in [6.45, 7) is 1.76. The van der Waals surface area contributed by atoms with Gasteiger partial charge in [-0.05, 0) is 31.9 Å². The second-order valence-electron chi connectivity index (χ2n) is 5.28. The van der Waals surface area contributed by atoms with Crippen LogP contribution in [0.25, 0.3) is 0 Å². The van der Waals surface area contributed by atoms with Crippen LogP contribution in [0.2, 0.25) is 0 Å². The average molecular weight is 348 g/mol. The Labute approximate surface area is 133 Å². The Morgan fingerprint density at radius 1 is 1.39 bits per heavy atom. The largest absolute Gasteiger partial charge is 0.376 e. The molecule has 0 radical (unpaired) electrons. The summed E-state index contributed by atoms with van der Waals surface area (Å²) in [7, 11) is -4.46. The summed E-state index contributed by atoms with van der Waals surface area (Å²) in [5.74, 6) is -3.04. The number of ether oxygens (including phenoxy) is 1. The zero-order chi connectivity index (χ0) is 17.0. The number of sulfonamides is 1. The number of carbonyl (C=O) groups is 1. The molecule has 0 saturated carbocycles. The summed E-state index contributed by atoms with van der Waals surface area (Å²) in [5, 5.41) is 2.60. The molecule has 2 N–H and O–H groups in total. The van der Waals surface area contributed by atoms with Crippen LogP contribution in [-0.2, 0) is 19.6 Å². The van der Waals surface area contributed by atoms with E-state index in [-0.39, 0.29) is 12.1 Å². The van der Waals surface area contributed by atoms with E-state index in [1.807, 2.05) is 4.72 Å². The predicted octanol–water partition coefficient (Wildman–Crippen LogP) is 0.927. The van der Waals surface area contributed by atoms with Crippen molar-refractivity contribution >= 4 is 15.9 Å². The molecule has 2 unspecified atom stereocenters. The van der Waals surface area contributed by atoms with Crippen LogP contribution in [0.15, 0.2) is 23.1 Å². The molecule has 1 aromatic carbocycles. The normalized spacial score (nSPS) is 19.5. The van der Waals surface area contributed by atoms with E-state index in [9.17, 15) is 22.0 Å². The first kappa shape index (κ1) is 17.8. The number of rotatable bonds is 6. The lowest BCUT2D eigenvalue weighted by atomic mass is 10.1. The van der Waals surface area contributed by atoms with Crippen molar-refractivity contribution in [2.45, 2.75) is 36.8 Å². The monoisotopic (exact) mass is 348 g/mol. The predicted molar refractivity (Wildman–Crippen MR) is 78.1 cm³/mol. The van der Waals surface area contributed by atoms with E-state index in [1.165, 1.54) is 0 Å². The van der Waals surface area contributed by atoms with Gasteiger partial charge in [0, 0.05) is 6.61 Å². The smallest absolute Gasteiger partial charge is 0.246 e. The molecule has 128 valence electrons. The van der Waals surface area contributed by atoms with Crippen LogP contribution in [0.1, 0.15) is 19.8 Å². The molecule has 1 amide bonds. The molecule has 1 heterocycles. The average Bonchev–Trinajstić information content (AvgIpc) is 2.99. The van der Waals surface area contributed by atoms with E-state index in [0.29, 0.717) is 6.61 Å². The molecular weight excluding hydrogens is 330 g/mol. The van der Waals surface area contributed by atoms with Crippen molar-refractivity contribution < 1.29 is 26.7 Å². The SMILES string of the molecule is CC(NC(=O)CNS(=O)(=O)c1c(F)cccc1F)C1CCCO1. The topological polar surface area (TPSA) is 84.5 Å². The molecule has 1 saturated heterocycles. The highest BCUT2D eigenvalue weighted by Gasteiger charge is 2.26. The summed E-state index contributed by atoms with van der Waals surface area (Å²) in [6.07, 6.45) is 1.61. The van der Waals surface area contributed by atoms with Gasteiger partial charge in [0.2, 0.25) is 15.9 Å². The molecule has 9 heteroatoms. The van der Waals surface area contributed by atoms with Gasteiger partial charge in [0.25, 0.3) is 0 Å². The van der Waals surface area contributed by atoms with Crippen LogP contribution < -0.4 is 10.0 Å². The molecular formula is C14H18F2N2O4S. The number of hydrogen-bond donors (Lipinski definition) is 2. The van der Waals surface area contributed by atoms with Crippen LogP contribution in [-0.4, -0.2) is 39.6 Å². The Balaban J connectivity index is 1.95. The Bertz CT molecular complexity index is 655. The molecule has 2 rings (SSSR count). The lowest BCUT2D eigenvalue weighted by Crippen LogP contribution is -2.45. The Morgan fingerprint density at radius 2 is 2.04 bits per heavy atom. The standard InChI is InChI=1S/C14H18F2N2O4S/c1-9(12-6-3-7-22-12)18-13(19)8-17-23(20,21)14-10(15)4-2-5-11(14)16/h2,4-5,9,12,17H,3,6-8H2,1H3,(H,18,19). The van der Waals surface area contributed by atoms with Gasteiger partial charge in [0.05, 0.1) is 18.7 Å². The highest BCUT2D eigenvalue weighted by molar-refractivity contribution is 7.89. The van der Waals surface area contributed by atoms with E-state index < -0.39 is 39.0 Å². The molecule has 23 heavy (non-hydrogen) atoms. The molecule has 1 aromatic rings. The Morgan fingerprint density at radius 3 is 2.61 bits per heavy atom. The first-order valence-electron chi connectivity index (χ1n) is 7.16. The third-order valence-corrected chi connectivity index (χ3v) is 4.97. The van der Waals surface area contributed by atoms with E-state index in [1.54, 1.807) is 6.92 Å². The summed E-state index contributed by atoms with van der Waals surface area (Å²) in [4.78, 5) is 10.7. The molecule has 0 bridgehead atoms. The third kappa shape index (κ3) is 4.46. The highest BCUT2D eigenvalue weighted by atomic mass is 32.2. The van der Waals surface area contributed by atoms with Gasteiger partial charge < -0.3 is 10.1 Å². The maximum absolute atomic E-state index is 13.5. The molecule has 6 nitrogen and oxygen atoms in total. The quantitative estimate of drug-likeness (QED) is 0.801. The van der Waals surface area contributed by atoms with Crippen LogP contribution >= 0.6 is 0 Å². The van der Waals surface area contributed by atoms with Gasteiger partial charge in [-0.2, -0.15) is 0 Å². The number of benzene rings is 1. The number of hydrogen-bond acceptors (Lipinski definition) is 4. The van der Waals surface area contributed by atoms with Crippen molar-refractivity contribution in [3.8, 4) is 0 Å². The molecule has 1 aliphatic heterocycles. The van der Waals surface area contributed by atoms with Gasteiger partial charge in [0.1, 0.15) is 11.6 Å². The fourth-order valence-corrected chi connectivity index (χ4v) is 3.48. The van der Waals surface area contributed by atoms with Crippen molar-refractivity contribution in [1.82, 2.24) is 10.0 Å². The molecule has 1 aliphatic rings. The zero-order valence-corrected chi connectivity index (χ0v) is 13.3. The van der Waals surface area contributed by atoms with Gasteiger partial charge in [-0.15, -0.1) is 0 Å². The molecule has 1 fully saturated rings. The van der Waals surface area contributed by atoms with Crippen LogP contribution in [0, 0.1) is 11.6 Å². The third-order valence-electron chi connectivity index (χ3n) is 3.52. The van der Waals surface area contributed by atoms with E-state index in [0.717, 1.165) is 31.0 Å². The second kappa shape index (κ2) is 7.33. The highest BCUT2D eigenvalue weighted by Crippen LogP contribution is 2.18. The lowest BCUT2D eigenvalue weighted by Gasteiger charge is -2.20.